The van der Waals surface area contributed by atoms with Crippen LogP contribution in [0.1, 0.15) is 47.5 Å². The van der Waals surface area contributed by atoms with E-state index in [4.69, 9.17) is 4.74 Å². The maximum atomic E-state index is 12.2. The Morgan fingerprint density at radius 1 is 1.30 bits per heavy atom. The molecule has 1 heterocycles. The van der Waals surface area contributed by atoms with E-state index in [1.807, 2.05) is 0 Å². The van der Waals surface area contributed by atoms with E-state index in [0.29, 0.717) is 19.0 Å². The van der Waals surface area contributed by atoms with Crippen LogP contribution in [0.2, 0.25) is 0 Å². The molecule has 118 valence electrons. The summed E-state index contributed by atoms with van der Waals surface area (Å²) in [7, 11) is -3.62. The Kier molecular flexibility index (Phi) is 5.57. The van der Waals surface area contributed by atoms with Crippen LogP contribution in [0.5, 0.6) is 0 Å². The van der Waals surface area contributed by atoms with Gasteiger partial charge in [0.05, 0.1) is 0 Å². The molecule has 0 aromatic carbocycles. The molecule has 1 rings (SSSR count). The van der Waals surface area contributed by atoms with Gasteiger partial charge in [-0.2, -0.15) is 17.4 Å². The summed E-state index contributed by atoms with van der Waals surface area (Å²) in [4.78, 5) is 11.8. The van der Waals surface area contributed by atoms with E-state index in [-0.39, 0.29) is 0 Å². The van der Waals surface area contributed by atoms with E-state index >= 15 is 0 Å². The zero-order valence-corrected chi connectivity index (χ0v) is 13.8. The van der Waals surface area contributed by atoms with Gasteiger partial charge >= 0.3 is 5.97 Å². The lowest BCUT2D eigenvalue weighted by Crippen LogP contribution is -2.50. The van der Waals surface area contributed by atoms with E-state index in [2.05, 4.69) is 11.6 Å². The van der Waals surface area contributed by atoms with Crippen LogP contribution in [-0.4, -0.2) is 43.4 Å². The molecule has 0 radical (unpaired) electrons. The molecule has 0 saturated carbocycles. The Labute approximate surface area is 122 Å². The van der Waals surface area contributed by atoms with Crippen molar-refractivity contribution in [2.45, 2.75) is 59.1 Å². The fourth-order valence-electron chi connectivity index (χ4n) is 1.96. The second-order valence-corrected chi connectivity index (χ2v) is 8.16. The molecule has 1 atom stereocenters. The lowest BCUT2D eigenvalue weighted by Gasteiger charge is -2.30. The highest BCUT2D eigenvalue weighted by Gasteiger charge is 2.31. The first-order chi connectivity index (χ1) is 9.01. The molecule has 0 aliphatic carbocycles. The summed E-state index contributed by atoms with van der Waals surface area (Å²) in [5.41, 5.74) is -0.628. The van der Waals surface area contributed by atoms with Crippen molar-refractivity contribution in [1.29, 1.82) is 0 Å². The minimum absolute atomic E-state index is 0.498. The number of carbonyl (C=O) groups is 1. The van der Waals surface area contributed by atoms with Crippen LogP contribution in [0.15, 0.2) is 0 Å². The summed E-state index contributed by atoms with van der Waals surface area (Å²) in [6.07, 6.45) is 1.70. The number of nitrogens with one attached hydrogen (secondary N) is 1. The Balaban J connectivity index is 2.59. The van der Waals surface area contributed by atoms with Gasteiger partial charge in [-0.3, -0.25) is 4.79 Å². The van der Waals surface area contributed by atoms with Crippen LogP contribution < -0.4 is 4.72 Å². The molecule has 1 saturated heterocycles. The number of esters is 1. The van der Waals surface area contributed by atoms with Gasteiger partial charge < -0.3 is 4.74 Å². The fourth-order valence-corrected chi connectivity index (χ4v) is 3.35. The van der Waals surface area contributed by atoms with Crippen molar-refractivity contribution in [3.63, 3.8) is 0 Å². The van der Waals surface area contributed by atoms with Crippen LogP contribution in [-0.2, 0) is 19.7 Å². The quantitative estimate of drug-likeness (QED) is 0.794. The van der Waals surface area contributed by atoms with Crippen LogP contribution in [0.3, 0.4) is 0 Å². The molecule has 0 bridgehead atoms. The first kappa shape index (κ1) is 17.4. The summed E-state index contributed by atoms with van der Waals surface area (Å²) in [5, 5.41) is 0. The van der Waals surface area contributed by atoms with Crippen molar-refractivity contribution >= 4 is 16.2 Å². The molecule has 0 unspecified atom stereocenters. The van der Waals surface area contributed by atoms with Gasteiger partial charge in [-0.15, -0.1) is 0 Å². The summed E-state index contributed by atoms with van der Waals surface area (Å²) in [6.45, 7) is 9.85. The average molecular weight is 306 g/mol. The molecular weight excluding hydrogens is 280 g/mol. The van der Waals surface area contributed by atoms with E-state index in [1.54, 1.807) is 20.8 Å². The van der Waals surface area contributed by atoms with Crippen LogP contribution >= 0.6 is 0 Å². The molecule has 20 heavy (non-hydrogen) atoms. The molecular formula is C13H26N2O4S. The molecule has 1 aliphatic heterocycles. The molecule has 1 N–H and O–H groups in total. The Morgan fingerprint density at radius 3 is 2.25 bits per heavy atom. The Morgan fingerprint density at radius 2 is 1.80 bits per heavy atom. The van der Waals surface area contributed by atoms with Crippen LogP contribution in [0, 0.1) is 5.92 Å². The van der Waals surface area contributed by atoms with Gasteiger partial charge in [0, 0.05) is 13.1 Å². The van der Waals surface area contributed by atoms with Gasteiger partial charge in [-0.1, -0.05) is 6.92 Å². The van der Waals surface area contributed by atoms with Crippen molar-refractivity contribution < 1.29 is 17.9 Å². The fraction of sp³-hybridized carbons (Fsp3) is 0.923. The molecule has 0 amide bonds. The van der Waals surface area contributed by atoms with Crippen molar-refractivity contribution in [3.8, 4) is 0 Å². The number of carbonyl (C=O) groups excluding carboxylic acids is 1. The lowest BCUT2D eigenvalue weighted by molar-refractivity contribution is -0.156. The third kappa shape index (κ3) is 5.38. The van der Waals surface area contributed by atoms with Gasteiger partial charge in [0.25, 0.3) is 10.2 Å². The van der Waals surface area contributed by atoms with Crippen molar-refractivity contribution in [2.24, 2.45) is 5.92 Å². The largest absolute Gasteiger partial charge is 0.459 e. The zero-order valence-electron chi connectivity index (χ0n) is 13.0. The molecule has 0 aromatic rings. The van der Waals surface area contributed by atoms with Crippen LogP contribution in [0.25, 0.3) is 0 Å². The maximum absolute atomic E-state index is 12.2. The number of piperidine rings is 1. The first-order valence-corrected chi connectivity index (χ1v) is 8.45. The van der Waals surface area contributed by atoms with Gasteiger partial charge in [0.2, 0.25) is 0 Å². The SMILES string of the molecule is CC1CCN(S(=O)(=O)N[C@H](C)C(=O)OC(C)(C)C)CC1. The van der Waals surface area contributed by atoms with Gasteiger partial charge in [0.15, 0.2) is 0 Å². The second kappa shape index (κ2) is 6.41. The molecule has 1 aliphatic rings. The van der Waals surface area contributed by atoms with Gasteiger partial charge in [-0.05, 0) is 46.5 Å². The number of hydrogen-bond acceptors (Lipinski definition) is 4. The van der Waals surface area contributed by atoms with Crippen LogP contribution in [0.4, 0.5) is 0 Å². The topological polar surface area (TPSA) is 75.7 Å². The predicted octanol–water partition coefficient (Wildman–Crippen LogP) is 1.28. The molecule has 7 heteroatoms. The molecule has 0 aromatic heterocycles. The molecule has 6 nitrogen and oxygen atoms in total. The summed E-state index contributed by atoms with van der Waals surface area (Å²) in [6, 6.07) is -0.890. The van der Waals surface area contributed by atoms with E-state index in [0.717, 1.165) is 12.8 Å². The Bertz CT molecular complexity index is 434. The monoisotopic (exact) mass is 306 g/mol. The minimum atomic E-state index is -3.62. The maximum Gasteiger partial charge on any atom is 0.324 e. The summed E-state index contributed by atoms with van der Waals surface area (Å²) >= 11 is 0. The van der Waals surface area contributed by atoms with Gasteiger partial charge in [-0.25, -0.2) is 0 Å². The summed E-state index contributed by atoms with van der Waals surface area (Å²) < 4.78 is 33.3. The predicted molar refractivity (Wildman–Crippen MR) is 77.3 cm³/mol. The number of rotatable bonds is 4. The third-order valence-electron chi connectivity index (χ3n) is 3.17. The molecule has 1 fully saturated rings. The van der Waals surface area contributed by atoms with E-state index in [1.165, 1.54) is 11.2 Å². The lowest BCUT2D eigenvalue weighted by atomic mass is 10.0. The van der Waals surface area contributed by atoms with Gasteiger partial charge in [0.1, 0.15) is 11.6 Å². The zero-order chi connectivity index (χ0) is 15.6. The Hall–Kier alpha value is -0.660. The van der Waals surface area contributed by atoms with Crippen molar-refractivity contribution in [3.05, 3.63) is 0 Å². The standard InChI is InChI=1S/C13H26N2O4S/c1-10-6-8-15(9-7-10)20(17,18)14-11(2)12(16)19-13(3,4)5/h10-11,14H,6-9H2,1-5H3/t11-/m1/s1. The number of nitrogens with zero attached hydrogens (tertiary/aromatic N) is 1. The highest BCUT2D eigenvalue weighted by atomic mass is 32.2. The highest BCUT2D eigenvalue weighted by molar-refractivity contribution is 7.87. The van der Waals surface area contributed by atoms with E-state index < -0.39 is 27.8 Å². The van der Waals surface area contributed by atoms with E-state index in [9.17, 15) is 13.2 Å². The minimum Gasteiger partial charge on any atom is -0.459 e. The molecule has 0 spiro atoms. The average Bonchev–Trinajstić information content (AvgIpc) is 2.26. The van der Waals surface area contributed by atoms with Crippen molar-refractivity contribution in [2.75, 3.05) is 13.1 Å². The summed E-state index contributed by atoms with van der Waals surface area (Å²) in [5.74, 6) is -0.0174. The smallest absolute Gasteiger partial charge is 0.324 e. The number of ether oxygens (including phenoxy) is 1. The third-order valence-corrected chi connectivity index (χ3v) is 4.86. The number of hydrogen-bond donors (Lipinski definition) is 1. The first-order valence-electron chi connectivity index (χ1n) is 7.01. The van der Waals surface area contributed by atoms with Crippen molar-refractivity contribution in [1.82, 2.24) is 9.03 Å². The highest BCUT2D eigenvalue weighted by Crippen LogP contribution is 2.18. The normalized spacial score (nSPS) is 20.6. The second-order valence-electron chi connectivity index (χ2n) is 6.46.